The number of hydrogen-bond donors (Lipinski definition) is 2. The van der Waals surface area contributed by atoms with E-state index in [-0.39, 0.29) is 0 Å². The summed E-state index contributed by atoms with van der Waals surface area (Å²) in [6, 6.07) is 0.504. The van der Waals surface area contributed by atoms with Gasteiger partial charge in [-0.05, 0) is 31.2 Å². The molecule has 0 bridgehead atoms. The fourth-order valence-electron chi connectivity index (χ4n) is 2.22. The largest absolute Gasteiger partial charge is 0.356 e. The Morgan fingerprint density at radius 3 is 2.89 bits per heavy atom. The topological polar surface area (TPSA) is 54.2 Å². The highest BCUT2D eigenvalue weighted by molar-refractivity contribution is 5.80. The van der Waals surface area contributed by atoms with Gasteiger partial charge in [-0.3, -0.25) is 9.67 Å². The van der Waals surface area contributed by atoms with E-state index >= 15 is 0 Å². The minimum Gasteiger partial charge on any atom is -0.356 e. The van der Waals surface area contributed by atoms with Crippen molar-refractivity contribution < 1.29 is 0 Å². The van der Waals surface area contributed by atoms with E-state index in [4.69, 9.17) is 0 Å². The number of rotatable bonds is 5. The van der Waals surface area contributed by atoms with Crippen molar-refractivity contribution in [3.63, 3.8) is 0 Å². The molecule has 1 aromatic heterocycles. The maximum absolute atomic E-state index is 4.25. The predicted octanol–water partition coefficient (Wildman–Crippen LogP) is 1.24. The molecule has 5 nitrogen and oxygen atoms in total. The molecular weight excluding hydrogens is 238 g/mol. The van der Waals surface area contributed by atoms with Crippen molar-refractivity contribution in [3.8, 4) is 0 Å². The summed E-state index contributed by atoms with van der Waals surface area (Å²) >= 11 is 0. The molecule has 0 radical (unpaired) electrons. The predicted molar refractivity (Wildman–Crippen MR) is 78.2 cm³/mol. The quantitative estimate of drug-likeness (QED) is 0.363. The zero-order chi connectivity index (χ0) is 13.5. The smallest absolute Gasteiger partial charge is 0.191 e. The van der Waals surface area contributed by atoms with Gasteiger partial charge in [0, 0.05) is 32.9 Å². The van der Waals surface area contributed by atoms with Crippen LogP contribution < -0.4 is 10.6 Å². The third-order valence-corrected chi connectivity index (χ3v) is 3.27. The first-order valence-corrected chi connectivity index (χ1v) is 6.87. The van der Waals surface area contributed by atoms with Crippen LogP contribution in [0.1, 0.15) is 24.8 Å². The average molecular weight is 261 g/mol. The van der Waals surface area contributed by atoms with Crippen molar-refractivity contribution >= 4 is 5.96 Å². The molecule has 19 heavy (non-hydrogen) atoms. The third-order valence-electron chi connectivity index (χ3n) is 3.27. The summed E-state index contributed by atoms with van der Waals surface area (Å²) in [4.78, 5) is 4.25. The number of aryl methyl sites for hydroxylation is 2. The standard InChI is InChI=1S/C14H23N5/c1-15-14(18-13-7-3-4-8-13)16-9-5-6-12-10-17-19(2)11-12/h3-4,10-11,13H,5-9H2,1-2H3,(H2,15,16,18). The van der Waals surface area contributed by atoms with E-state index in [1.807, 2.05) is 25.0 Å². The van der Waals surface area contributed by atoms with Gasteiger partial charge in [-0.25, -0.2) is 0 Å². The van der Waals surface area contributed by atoms with Crippen LogP contribution in [0.15, 0.2) is 29.5 Å². The lowest BCUT2D eigenvalue weighted by atomic mass is 10.2. The molecule has 1 heterocycles. The average Bonchev–Trinajstić information content (AvgIpc) is 3.05. The molecule has 0 atom stereocenters. The summed E-state index contributed by atoms with van der Waals surface area (Å²) in [5.74, 6) is 0.903. The summed E-state index contributed by atoms with van der Waals surface area (Å²) in [7, 11) is 3.77. The van der Waals surface area contributed by atoms with E-state index in [0.29, 0.717) is 6.04 Å². The molecule has 0 unspecified atom stereocenters. The van der Waals surface area contributed by atoms with Gasteiger partial charge in [-0.1, -0.05) is 12.2 Å². The highest BCUT2D eigenvalue weighted by Gasteiger charge is 2.11. The normalized spacial score (nSPS) is 16.0. The summed E-state index contributed by atoms with van der Waals surface area (Å²) in [6.45, 7) is 0.925. The van der Waals surface area contributed by atoms with E-state index in [1.54, 1.807) is 0 Å². The Bertz CT molecular complexity index is 438. The SMILES string of the molecule is CN=C(NCCCc1cnn(C)c1)NC1CC=CC1. The van der Waals surface area contributed by atoms with E-state index in [0.717, 1.165) is 38.2 Å². The fourth-order valence-corrected chi connectivity index (χ4v) is 2.22. The molecule has 0 saturated carbocycles. The minimum absolute atomic E-state index is 0.504. The molecule has 1 aliphatic rings. The van der Waals surface area contributed by atoms with Gasteiger partial charge in [-0.2, -0.15) is 5.10 Å². The number of aromatic nitrogens is 2. The van der Waals surface area contributed by atoms with Crippen LogP contribution in [0.25, 0.3) is 0 Å². The van der Waals surface area contributed by atoms with Gasteiger partial charge in [0.05, 0.1) is 6.20 Å². The van der Waals surface area contributed by atoms with Gasteiger partial charge in [0.2, 0.25) is 0 Å². The van der Waals surface area contributed by atoms with Crippen molar-refractivity contribution in [1.82, 2.24) is 20.4 Å². The Balaban J connectivity index is 1.63. The van der Waals surface area contributed by atoms with Crippen LogP contribution in [0, 0.1) is 0 Å². The van der Waals surface area contributed by atoms with E-state index in [2.05, 4.69) is 39.1 Å². The van der Waals surface area contributed by atoms with Gasteiger partial charge >= 0.3 is 0 Å². The second-order valence-electron chi connectivity index (χ2n) is 4.91. The maximum atomic E-state index is 4.25. The highest BCUT2D eigenvalue weighted by atomic mass is 15.2. The molecule has 0 saturated heterocycles. The second-order valence-corrected chi connectivity index (χ2v) is 4.91. The minimum atomic E-state index is 0.504. The molecule has 1 aromatic rings. The molecule has 5 heteroatoms. The number of hydrogen-bond acceptors (Lipinski definition) is 2. The Hall–Kier alpha value is -1.78. The molecule has 0 aromatic carbocycles. The van der Waals surface area contributed by atoms with Crippen molar-refractivity contribution in [1.29, 1.82) is 0 Å². The summed E-state index contributed by atoms with van der Waals surface area (Å²) in [5, 5.41) is 11.0. The molecule has 1 aliphatic carbocycles. The number of aliphatic imine (C=N–C) groups is 1. The van der Waals surface area contributed by atoms with Gasteiger partial charge in [-0.15, -0.1) is 0 Å². The van der Waals surface area contributed by atoms with E-state index in [9.17, 15) is 0 Å². The Morgan fingerprint density at radius 1 is 1.47 bits per heavy atom. The van der Waals surface area contributed by atoms with Crippen LogP contribution in [0.3, 0.4) is 0 Å². The molecular formula is C14H23N5. The van der Waals surface area contributed by atoms with Crippen LogP contribution in [0.2, 0.25) is 0 Å². The zero-order valence-corrected chi connectivity index (χ0v) is 11.8. The van der Waals surface area contributed by atoms with Gasteiger partial charge < -0.3 is 10.6 Å². The van der Waals surface area contributed by atoms with Crippen LogP contribution in [-0.4, -0.2) is 35.4 Å². The maximum Gasteiger partial charge on any atom is 0.191 e. The fraction of sp³-hybridized carbons (Fsp3) is 0.571. The van der Waals surface area contributed by atoms with E-state index in [1.165, 1.54) is 5.56 Å². The molecule has 104 valence electrons. The van der Waals surface area contributed by atoms with Gasteiger partial charge in [0.25, 0.3) is 0 Å². The van der Waals surface area contributed by atoms with Crippen LogP contribution >= 0.6 is 0 Å². The molecule has 0 fully saturated rings. The second kappa shape index (κ2) is 6.97. The summed E-state index contributed by atoms with van der Waals surface area (Å²) in [6.07, 6.45) is 12.7. The van der Waals surface area contributed by atoms with Gasteiger partial charge in [0.1, 0.15) is 0 Å². The molecule has 0 spiro atoms. The first kappa shape index (κ1) is 13.6. The summed E-state index contributed by atoms with van der Waals surface area (Å²) < 4.78 is 1.84. The lowest BCUT2D eigenvalue weighted by Gasteiger charge is -2.16. The van der Waals surface area contributed by atoms with Crippen LogP contribution in [0.4, 0.5) is 0 Å². The number of nitrogens with one attached hydrogen (secondary N) is 2. The molecule has 0 amide bonds. The van der Waals surface area contributed by atoms with Crippen LogP contribution in [0.5, 0.6) is 0 Å². The lowest BCUT2D eigenvalue weighted by Crippen LogP contribution is -2.42. The Morgan fingerprint density at radius 2 is 2.26 bits per heavy atom. The molecule has 2 rings (SSSR count). The molecule has 2 N–H and O–H groups in total. The van der Waals surface area contributed by atoms with Crippen molar-refractivity contribution in [2.24, 2.45) is 12.0 Å². The lowest BCUT2D eigenvalue weighted by molar-refractivity contribution is 0.628. The summed E-state index contributed by atoms with van der Waals surface area (Å²) in [5.41, 5.74) is 1.28. The van der Waals surface area contributed by atoms with Crippen LogP contribution in [-0.2, 0) is 13.5 Å². The van der Waals surface area contributed by atoms with Crippen molar-refractivity contribution in [2.75, 3.05) is 13.6 Å². The van der Waals surface area contributed by atoms with Crippen molar-refractivity contribution in [3.05, 3.63) is 30.1 Å². The number of nitrogens with zero attached hydrogens (tertiary/aromatic N) is 3. The highest BCUT2D eigenvalue weighted by Crippen LogP contribution is 2.08. The zero-order valence-electron chi connectivity index (χ0n) is 11.8. The first-order chi connectivity index (χ1) is 9.28. The first-order valence-electron chi connectivity index (χ1n) is 6.87. The molecule has 0 aliphatic heterocycles. The number of guanidine groups is 1. The monoisotopic (exact) mass is 261 g/mol. The van der Waals surface area contributed by atoms with Crippen molar-refractivity contribution in [2.45, 2.75) is 31.7 Å². The van der Waals surface area contributed by atoms with E-state index < -0.39 is 0 Å². The Labute approximate surface area is 114 Å². The van der Waals surface area contributed by atoms with Gasteiger partial charge in [0.15, 0.2) is 5.96 Å². The Kier molecular flexibility index (Phi) is 5.01. The third kappa shape index (κ3) is 4.43.